The second-order valence-electron chi connectivity index (χ2n) is 4.04. The molecule has 6 heteroatoms. The Morgan fingerprint density at radius 3 is 2.89 bits per heavy atom. The van der Waals surface area contributed by atoms with Gasteiger partial charge in [-0.2, -0.15) is 13.2 Å². The monoisotopic (exact) mass is 277 g/mol. The molecule has 18 heavy (non-hydrogen) atoms. The van der Waals surface area contributed by atoms with Crippen molar-refractivity contribution in [3.8, 4) is 5.75 Å². The van der Waals surface area contributed by atoms with Gasteiger partial charge in [-0.15, -0.1) is 0 Å². The van der Waals surface area contributed by atoms with Crippen molar-refractivity contribution in [2.75, 3.05) is 25.4 Å². The predicted octanol–water partition coefficient (Wildman–Crippen LogP) is 3.01. The molecule has 0 saturated carbocycles. The molecule has 0 saturated heterocycles. The summed E-state index contributed by atoms with van der Waals surface area (Å²) in [5.41, 5.74) is -3.00. The van der Waals surface area contributed by atoms with E-state index in [-0.39, 0.29) is 23.4 Å². The molecule has 0 fully saturated rings. The Hall–Kier alpha value is -0.880. The summed E-state index contributed by atoms with van der Waals surface area (Å²) in [6, 6.07) is 7.77. The molecule has 1 N–H and O–H groups in total. The van der Waals surface area contributed by atoms with Gasteiger partial charge in [-0.3, -0.25) is 0 Å². The minimum absolute atomic E-state index is 0.00792. The molecule has 1 aliphatic heterocycles. The summed E-state index contributed by atoms with van der Waals surface area (Å²) in [6.45, 7) is 1.59. The molecule has 2 nitrogen and oxygen atoms in total. The zero-order valence-electron chi connectivity index (χ0n) is 9.67. The first-order chi connectivity index (χ1) is 8.56. The van der Waals surface area contributed by atoms with E-state index < -0.39 is 5.51 Å². The largest absolute Gasteiger partial charge is 0.493 e. The molecule has 0 spiro atoms. The Morgan fingerprint density at radius 1 is 1.33 bits per heavy atom. The standard InChI is InChI=1S/C12H14F3NOS/c13-12(14,15)18-6-5-16-7-9-8-17-11-4-2-1-3-10(9)11/h1-4,9,16H,5-8H2. The van der Waals surface area contributed by atoms with Crippen LogP contribution in [0, 0.1) is 0 Å². The summed E-state index contributed by atoms with van der Waals surface area (Å²) in [7, 11) is 0. The minimum atomic E-state index is -4.13. The van der Waals surface area contributed by atoms with Gasteiger partial charge in [-0.1, -0.05) is 18.2 Å². The first-order valence-electron chi connectivity index (χ1n) is 5.69. The van der Waals surface area contributed by atoms with Gasteiger partial charge >= 0.3 is 5.51 Å². The SMILES string of the molecule is FC(F)(F)SCCNCC1COc2ccccc21. The smallest absolute Gasteiger partial charge is 0.441 e. The van der Waals surface area contributed by atoms with Gasteiger partial charge in [0, 0.05) is 30.3 Å². The lowest BCUT2D eigenvalue weighted by Crippen LogP contribution is -2.25. The number of para-hydroxylation sites is 1. The average Bonchev–Trinajstić information content (AvgIpc) is 2.71. The van der Waals surface area contributed by atoms with Gasteiger partial charge in [0.25, 0.3) is 0 Å². The van der Waals surface area contributed by atoms with Crippen LogP contribution >= 0.6 is 11.8 Å². The van der Waals surface area contributed by atoms with E-state index in [9.17, 15) is 13.2 Å². The van der Waals surface area contributed by atoms with Crippen molar-refractivity contribution in [3.63, 3.8) is 0 Å². The van der Waals surface area contributed by atoms with Crippen molar-refractivity contribution < 1.29 is 17.9 Å². The van der Waals surface area contributed by atoms with Crippen LogP contribution in [0.1, 0.15) is 11.5 Å². The van der Waals surface area contributed by atoms with Crippen molar-refractivity contribution in [1.82, 2.24) is 5.32 Å². The normalized spacial score (nSPS) is 18.5. The van der Waals surface area contributed by atoms with Crippen LogP contribution in [0.3, 0.4) is 0 Å². The maximum Gasteiger partial charge on any atom is 0.441 e. The van der Waals surface area contributed by atoms with Crippen LogP contribution in [0.25, 0.3) is 0 Å². The summed E-state index contributed by atoms with van der Waals surface area (Å²) in [5.74, 6) is 1.16. The lowest BCUT2D eigenvalue weighted by atomic mass is 10.0. The van der Waals surface area contributed by atoms with E-state index in [4.69, 9.17) is 4.74 Å². The Kier molecular flexibility index (Phi) is 4.40. The third-order valence-corrected chi connectivity index (χ3v) is 3.47. The molecule has 2 rings (SSSR count). The number of alkyl halides is 3. The fourth-order valence-corrected chi connectivity index (χ4v) is 2.39. The molecule has 0 aliphatic carbocycles. The molecule has 1 unspecified atom stereocenters. The highest BCUT2D eigenvalue weighted by molar-refractivity contribution is 8.00. The van der Waals surface area contributed by atoms with E-state index >= 15 is 0 Å². The highest BCUT2D eigenvalue weighted by Crippen LogP contribution is 2.33. The Labute approximate surface area is 108 Å². The minimum Gasteiger partial charge on any atom is -0.493 e. The molecule has 0 amide bonds. The molecule has 1 atom stereocenters. The second kappa shape index (κ2) is 5.84. The van der Waals surface area contributed by atoms with E-state index in [2.05, 4.69) is 5.32 Å². The van der Waals surface area contributed by atoms with E-state index in [1.807, 2.05) is 24.3 Å². The van der Waals surface area contributed by atoms with Crippen molar-refractivity contribution in [3.05, 3.63) is 29.8 Å². The zero-order chi connectivity index (χ0) is 13.0. The van der Waals surface area contributed by atoms with E-state index in [0.717, 1.165) is 11.3 Å². The van der Waals surface area contributed by atoms with Crippen molar-refractivity contribution >= 4 is 11.8 Å². The number of hydrogen-bond acceptors (Lipinski definition) is 3. The summed E-state index contributed by atoms with van der Waals surface area (Å²) in [4.78, 5) is 0. The number of nitrogens with one attached hydrogen (secondary N) is 1. The topological polar surface area (TPSA) is 21.3 Å². The lowest BCUT2D eigenvalue weighted by molar-refractivity contribution is -0.0327. The van der Waals surface area contributed by atoms with Crippen LogP contribution in [0.5, 0.6) is 5.75 Å². The van der Waals surface area contributed by atoms with Gasteiger partial charge in [0.2, 0.25) is 0 Å². The van der Waals surface area contributed by atoms with Gasteiger partial charge in [-0.25, -0.2) is 0 Å². The molecule has 1 heterocycles. The van der Waals surface area contributed by atoms with Crippen LogP contribution in [-0.2, 0) is 0 Å². The van der Waals surface area contributed by atoms with Crippen LogP contribution in [0.4, 0.5) is 13.2 Å². The molecule has 1 aromatic rings. The number of thioether (sulfide) groups is 1. The molecule has 100 valence electrons. The fraction of sp³-hybridized carbons (Fsp3) is 0.500. The van der Waals surface area contributed by atoms with Crippen LogP contribution < -0.4 is 10.1 Å². The predicted molar refractivity (Wildman–Crippen MR) is 66.1 cm³/mol. The highest BCUT2D eigenvalue weighted by atomic mass is 32.2. The number of benzene rings is 1. The van der Waals surface area contributed by atoms with Crippen molar-refractivity contribution in [1.29, 1.82) is 0 Å². The first kappa shape index (κ1) is 13.5. The molecular formula is C12H14F3NOS. The van der Waals surface area contributed by atoms with E-state index in [0.29, 0.717) is 19.7 Å². The number of halogens is 3. The Bertz CT molecular complexity index is 397. The Balaban J connectivity index is 1.70. The zero-order valence-corrected chi connectivity index (χ0v) is 10.5. The van der Waals surface area contributed by atoms with Crippen LogP contribution in [0.15, 0.2) is 24.3 Å². The van der Waals surface area contributed by atoms with Gasteiger partial charge in [-0.05, 0) is 17.8 Å². The Morgan fingerprint density at radius 2 is 2.11 bits per heavy atom. The summed E-state index contributed by atoms with van der Waals surface area (Å²) >= 11 is 0.00792. The van der Waals surface area contributed by atoms with Gasteiger partial charge in [0.05, 0.1) is 6.61 Å². The summed E-state index contributed by atoms with van der Waals surface area (Å²) in [5, 5.41) is 3.04. The van der Waals surface area contributed by atoms with E-state index in [1.165, 1.54) is 0 Å². The molecule has 0 bridgehead atoms. The fourth-order valence-electron chi connectivity index (χ4n) is 1.91. The highest BCUT2D eigenvalue weighted by Gasteiger charge is 2.27. The van der Waals surface area contributed by atoms with Gasteiger partial charge in [0.15, 0.2) is 0 Å². The third kappa shape index (κ3) is 3.81. The van der Waals surface area contributed by atoms with Crippen molar-refractivity contribution in [2.24, 2.45) is 0 Å². The van der Waals surface area contributed by atoms with Crippen LogP contribution in [-0.4, -0.2) is 31.0 Å². The summed E-state index contributed by atoms with van der Waals surface area (Å²) < 4.78 is 41.2. The molecular weight excluding hydrogens is 263 g/mol. The first-order valence-corrected chi connectivity index (χ1v) is 6.68. The molecule has 0 aromatic heterocycles. The maximum absolute atomic E-state index is 11.9. The quantitative estimate of drug-likeness (QED) is 0.836. The number of ether oxygens (including phenoxy) is 1. The maximum atomic E-state index is 11.9. The van der Waals surface area contributed by atoms with Gasteiger partial charge in [0.1, 0.15) is 5.75 Å². The molecule has 1 aliphatic rings. The number of hydrogen-bond donors (Lipinski definition) is 1. The molecule has 0 radical (unpaired) electrons. The number of fused-ring (bicyclic) bond motifs is 1. The van der Waals surface area contributed by atoms with Crippen molar-refractivity contribution in [2.45, 2.75) is 11.4 Å². The molecule has 1 aromatic carbocycles. The number of rotatable bonds is 5. The average molecular weight is 277 g/mol. The third-order valence-electron chi connectivity index (χ3n) is 2.73. The van der Waals surface area contributed by atoms with Gasteiger partial charge < -0.3 is 10.1 Å². The van der Waals surface area contributed by atoms with E-state index in [1.54, 1.807) is 0 Å². The lowest BCUT2D eigenvalue weighted by Gasteiger charge is -2.11. The second-order valence-corrected chi connectivity index (χ2v) is 5.20. The van der Waals surface area contributed by atoms with Crippen LogP contribution in [0.2, 0.25) is 0 Å². The summed E-state index contributed by atoms with van der Waals surface area (Å²) in [6.07, 6.45) is 0.